The van der Waals surface area contributed by atoms with Crippen LogP contribution in [0.1, 0.15) is 61.3 Å². The van der Waals surface area contributed by atoms with E-state index < -0.39 is 0 Å². The summed E-state index contributed by atoms with van der Waals surface area (Å²) in [5, 5.41) is 8.99. The Hall–Kier alpha value is -2.08. The zero-order valence-corrected chi connectivity index (χ0v) is 16.0. The van der Waals surface area contributed by atoms with E-state index in [-0.39, 0.29) is 48.1 Å². The Morgan fingerprint density at radius 3 is 2.12 bits per heavy atom. The Bertz CT molecular complexity index is 602. The molecular formula is C19H29NO5. The number of amides is 1. The number of aliphatic hydroxyl groups is 1. The number of ketones is 1. The number of methoxy groups -OCH3 is 2. The van der Waals surface area contributed by atoms with E-state index in [2.05, 4.69) is 0 Å². The molecule has 25 heavy (non-hydrogen) atoms. The minimum atomic E-state index is -0.270. The number of hydrogen-bond donors (Lipinski definition) is 1. The first-order valence-electron chi connectivity index (χ1n) is 8.51. The van der Waals surface area contributed by atoms with Crippen LogP contribution in [0, 0.1) is 0 Å². The highest BCUT2D eigenvalue weighted by molar-refractivity contribution is 6.10. The number of Topliss-reactive ketones (excluding diaryl/α,β-unsaturated/α-hetero) is 1. The molecule has 0 unspecified atom stereocenters. The smallest absolute Gasteiger partial charge is 0.258 e. The van der Waals surface area contributed by atoms with E-state index in [1.165, 1.54) is 14.2 Å². The average Bonchev–Trinajstić information content (AvgIpc) is 2.57. The minimum absolute atomic E-state index is 0.0381. The van der Waals surface area contributed by atoms with Crippen LogP contribution in [-0.4, -0.2) is 54.6 Å². The zero-order chi connectivity index (χ0) is 19.1. The van der Waals surface area contributed by atoms with Gasteiger partial charge in [0, 0.05) is 30.7 Å². The predicted molar refractivity (Wildman–Crippen MR) is 96.6 cm³/mol. The van der Waals surface area contributed by atoms with Crippen molar-refractivity contribution in [2.45, 2.75) is 52.6 Å². The monoisotopic (exact) mass is 351 g/mol. The maximum absolute atomic E-state index is 13.3. The fourth-order valence-electron chi connectivity index (χ4n) is 2.94. The molecule has 0 radical (unpaired) electrons. The largest absolute Gasteiger partial charge is 0.493 e. The second kappa shape index (κ2) is 9.42. The van der Waals surface area contributed by atoms with Gasteiger partial charge in [0.05, 0.1) is 19.8 Å². The first-order valence-corrected chi connectivity index (χ1v) is 8.51. The van der Waals surface area contributed by atoms with Gasteiger partial charge in [-0.3, -0.25) is 9.59 Å². The van der Waals surface area contributed by atoms with E-state index in [9.17, 15) is 9.59 Å². The number of carbonyl (C=O) groups is 2. The van der Waals surface area contributed by atoms with Gasteiger partial charge in [0.2, 0.25) is 0 Å². The van der Waals surface area contributed by atoms with Gasteiger partial charge in [0.1, 0.15) is 0 Å². The Balaban J connectivity index is 3.55. The third-order valence-electron chi connectivity index (χ3n) is 3.97. The molecule has 0 atom stereocenters. The van der Waals surface area contributed by atoms with Gasteiger partial charge in [-0.1, -0.05) is 0 Å². The van der Waals surface area contributed by atoms with E-state index in [1.807, 2.05) is 27.7 Å². The molecule has 140 valence electrons. The number of nitrogens with zero attached hydrogens (tertiary/aromatic N) is 1. The lowest BCUT2D eigenvalue weighted by molar-refractivity contribution is 0.0635. The lowest BCUT2D eigenvalue weighted by Gasteiger charge is -2.32. The zero-order valence-electron chi connectivity index (χ0n) is 16.0. The molecule has 0 aliphatic rings. The van der Waals surface area contributed by atoms with Crippen LogP contribution in [0.3, 0.4) is 0 Å². The summed E-state index contributed by atoms with van der Waals surface area (Å²) in [5.41, 5.74) is 0.509. The van der Waals surface area contributed by atoms with Crippen LogP contribution in [-0.2, 0) is 0 Å². The third-order valence-corrected chi connectivity index (χ3v) is 3.97. The van der Waals surface area contributed by atoms with Crippen molar-refractivity contribution in [1.29, 1.82) is 0 Å². The molecule has 1 N–H and O–H groups in total. The van der Waals surface area contributed by atoms with Crippen LogP contribution >= 0.6 is 0 Å². The SMILES string of the molecule is COc1ccc(C(=O)CCCO)c(C(=O)N(C(C)C)C(C)C)c1OC. The molecule has 1 amide bonds. The van der Waals surface area contributed by atoms with Crippen molar-refractivity contribution in [2.75, 3.05) is 20.8 Å². The molecule has 0 spiro atoms. The van der Waals surface area contributed by atoms with E-state index in [0.29, 0.717) is 17.7 Å². The molecule has 0 saturated heterocycles. The second-order valence-electron chi connectivity index (χ2n) is 6.37. The van der Waals surface area contributed by atoms with E-state index in [4.69, 9.17) is 14.6 Å². The third kappa shape index (κ3) is 4.72. The highest BCUT2D eigenvalue weighted by Crippen LogP contribution is 2.35. The van der Waals surface area contributed by atoms with Gasteiger partial charge in [-0.2, -0.15) is 0 Å². The van der Waals surface area contributed by atoms with Crippen LogP contribution in [0.2, 0.25) is 0 Å². The molecule has 0 aliphatic carbocycles. The molecule has 1 aromatic carbocycles. The van der Waals surface area contributed by atoms with Gasteiger partial charge in [0.25, 0.3) is 5.91 Å². The van der Waals surface area contributed by atoms with Crippen molar-refractivity contribution >= 4 is 11.7 Å². The van der Waals surface area contributed by atoms with E-state index in [0.717, 1.165) is 0 Å². The summed E-state index contributed by atoms with van der Waals surface area (Å²) in [4.78, 5) is 27.6. The Labute approximate surface area is 149 Å². The lowest BCUT2D eigenvalue weighted by atomic mass is 9.97. The van der Waals surface area contributed by atoms with Crippen LogP contribution in [0.4, 0.5) is 0 Å². The van der Waals surface area contributed by atoms with Crippen molar-refractivity contribution in [3.8, 4) is 11.5 Å². The van der Waals surface area contributed by atoms with Crippen molar-refractivity contribution in [2.24, 2.45) is 0 Å². The topological polar surface area (TPSA) is 76.1 Å². The maximum atomic E-state index is 13.3. The molecular weight excluding hydrogens is 322 g/mol. The normalized spacial score (nSPS) is 10.9. The molecule has 0 saturated carbocycles. The lowest BCUT2D eigenvalue weighted by Crippen LogP contribution is -2.42. The number of carbonyl (C=O) groups excluding carboxylic acids is 2. The van der Waals surface area contributed by atoms with Crippen molar-refractivity contribution in [1.82, 2.24) is 4.90 Å². The Kier molecular flexibility index (Phi) is 7.90. The summed E-state index contributed by atoms with van der Waals surface area (Å²) in [7, 11) is 2.94. The fourth-order valence-corrected chi connectivity index (χ4v) is 2.94. The summed E-state index contributed by atoms with van der Waals surface area (Å²) in [6.45, 7) is 7.64. The van der Waals surface area contributed by atoms with Crippen molar-refractivity contribution in [3.05, 3.63) is 23.3 Å². The minimum Gasteiger partial charge on any atom is -0.493 e. The predicted octanol–water partition coefficient (Wildman–Crippen LogP) is 2.92. The van der Waals surface area contributed by atoms with Gasteiger partial charge in [-0.05, 0) is 46.2 Å². The van der Waals surface area contributed by atoms with Crippen LogP contribution in [0.15, 0.2) is 12.1 Å². The molecule has 6 heteroatoms. The second-order valence-corrected chi connectivity index (χ2v) is 6.37. The van der Waals surface area contributed by atoms with Crippen molar-refractivity contribution < 1.29 is 24.2 Å². The molecule has 1 rings (SSSR count). The van der Waals surface area contributed by atoms with Crippen molar-refractivity contribution in [3.63, 3.8) is 0 Å². The molecule has 6 nitrogen and oxygen atoms in total. The van der Waals surface area contributed by atoms with Crippen LogP contribution in [0.5, 0.6) is 11.5 Å². The summed E-state index contributed by atoms with van der Waals surface area (Å²) in [6.07, 6.45) is 0.508. The first-order chi connectivity index (χ1) is 11.8. The molecule has 0 aliphatic heterocycles. The quantitative estimate of drug-likeness (QED) is 0.692. The van der Waals surface area contributed by atoms with Gasteiger partial charge in [-0.15, -0.1) is 0 Å². The van der Waals surface area contributed by atoms with Gasteiger partial charge < -0.3 is 19.5 Å². The molecule has 0 fully saturated rings. The number of rotatable bonds is 9. The number of benzene rings is 1. The van der Waals surface area contributed by atoms with Crippen LogP contribution < -0.4 is 9.47 Å². The highest BCUT2D eigenvalue weighted by atomic mass is 16.5. The summed E-state index contributed by atoms with van der Waals surface area (Å²) in [6, 6.07) is 3.14. The first kappa shape index (κ1) is 21.0. The fraction of sp³-hybridized carbons (Fsp3) is 0.579. The van der Waals surface area contributed by atoms with Gasteiger partial charge in [-0.25, -0.2) is 0 Å². The molecule has 0 bridgehead atoms. The summed E-state index contributed by atoms with van der Waals surface area (Å²) >= 11 is 0. The number of hydrogen-bond acceptors (Lipinski definition) is 5. The standard InChI is InChI=1S/C19H29NO5/c1-12(2)20(13(3)4)19(23)17-14(15(22)8-7-11-21)9-10-16(24-5)18(17)25-6/h9-10,12-13,21H,7-8,11H2,1-6H3. The number of aliphatic hydroxyl groups excluding tert-OH is 1. The van der Waals surface area contributed by atoms with Crippen LogP contribution in [0.25, 0.3) is 0 Å². The Morgan fingerprint density at radius 1 is 1.08 bits per heavy atom. The van der Waals surface area contributed by atoms with E-state index >= 15 is 0 Å². The summed E-state index contributed by atoms with van der Waals surface area (Å²) in [5.74, 6) is 0.185. The highest BCUT2D eigenvalue weighted by Gasteiger charge is 2.30. The summed E-state index contributed by atoms with van der Waals surface area (Å²) < 4.78 is 10.7. The number of ether oxygens (including phenoxy) is 2. The average molecular weight is 351 g/mol. The van der Waals surface area contributed by atoms with E-state index in [1.54, 1.807) is 17.0 Å². The van der Waals surface area contributed by atoms with Gasteiger partial charge in [0.15, 0.2) is 17.3 Å². The molecule has 1 aromatic rings. The molecule has 0 heterocycles. The Morgan fingerprint density at radius 2 is 1.68 bits per heavy atom. The maximum Gasteiger partial charge on any atom is 0.258 e. The van der Waals surface area contributed by atoms with Gasteiger partial charge >= 0.3 is 0 Å². The molecule has 0 aromatic heterocycles.